The Morgan fingerprint density at radius 3 is 2.30 bits per heavy atom. The zero-order valence-corrected chi connectivity index (χ0v) is 18.3. The van der Waals surface area contributed by atoms with Crippen LogP contribution in [0.3, 0.4) is 0 Å². The Hall–Kier alpha value is -3.29. The summed E-state index contributed by atoms with van der Waals surface area (Å²) in [6.45, 7) is 3.98. The van der Waals surface area contributed by atoms with Gasteiger partial charge < -0.3 is 15.0 Å². The van der Waals surface area contributed by atoms with Crippen LogP contribution < -0.4 is 5.32 Å². The second kappa shape index (κ2) is 9.29. The third kappa shape index (κ3) is 5.21. The number of H-pyrrole nitrogens is 1. The number of aromatic nitrogens is 1. The van der Waals surface area contributed by atoms with E-state index in [0.717, 1.165) is 18.9 Å². The van der Waals surface area contributed by atoms with Gasteiger partial charge in [0.2, 0.25) is 5.91 Å². The van der Waals surface area contributed by atoms with E-state index in [0.29, 0.717) is 29.0 Å². The Morgan fingerprint density at radius 1 is 1.00 bits per heavy atom. The Labute approximate surface area is 189 Å². The number of hydrogen-bond acceptors (Lipinski definition) is 3. The van der Waals surface area contributed by atoms with E-state index >= 15 is 0 Å². The number of aromatic amines is 1. The molecule has 8 heteroatoms. The molecule has 0 radical (unpaired) electrons. The lowest BCUT2D eigenvalue weighted by Gasteiger charge is -2.31. The van der Waals surface area contributed by atoms with E-state index in [1.807, 2.05) is 6.92 Å². The van der Waals surface area contributed by atoms with Gasteiger partial charge in [-0.25, -0.2) is 18.0 Å². The fraction of sp³-hybridized carbons (Fsp3) is 0.360. The van der Waals surface area contributed by atoms with E-state index < -0.39 is 17.7 Å². The summed E-state index contributed by atoms with van der Waals surface area (Å²) in [6, 6.07) is 9.09. The van der Waals surface area contributed by atoms with Crippen LogP contribution in [-0.2, 0) is 14.3 Å². The van der Waals surface area contributed by atoms with E-state index in [4.69, 9.17) is 4.74 Å². The normalized spacial score (nSPS) is 24.0. The molecule has 2 heterocycles. The van der Waals surface area contributed by atoms with Gasteiger partial charge in [0.05, 0.1) is 5.52 Å². The molecule has 1 amide bonds. The molecular formula is C25H25F3N2O3. The summed E-state index contributed by atoms with van der Waals surface area (Å²) in [5, 5.41) is 3.22. The second-order valence-corrected chi connectivity index (χ2v) is 8.86. The maximum atomic E-state index is 13.5. The fourth-order valence-corrected chi connectivity index (χ4v) is 4.23. The Morgan fingerprint density at radius 2 is 1.70 bits per heavy atom. The summed E-state index contributed by atoms with van der Waals surface area (Å²) in [5.74, 6) is -1.11. The van der Waals surface area contributed by atoms with Crippen molar-refractivity contribution < 1.29 is 27.5 Å². The van der Waals surface area contributed by atoms with Gasteiger partial charge in [0.1, 0.15) is 29.6 Å². The highest BCUT2D eigenvalue weighted by Crippen LogP contribution is 2.33. The first-order valence-corrected chi connectivity index (χ1v) is 10.9. The van der Waals surface area contributed by atoms with Crippen LogP contribution in [-0.4, -0.2) is 29.0 Å². The van der Waals surface area contributed by atoms with Crippen molar-refractivity contribution in [3.63, 3.8) is 0 Å². The molecule has 1 saturated carbocycles. The maximum absolute atomic E-state index is 13.5. The SMILES string of the molecule is CC1CC(C(=O)NC2CC(C)OC2=O)C1.Fc1ccc(-c2cc3cc(F)cc(F)c3[nH]2)cc1. The van der Waals surface area contributed by atoms with Crippen molar-refractivity contribution in [2.45, 2.75) is 45.3 Å². The van der Waals surface area contributed by atoms with Crippen molar-refractivity contribution in [3.8, 4) is 11.3 Å². The Bertz CT molecular complexity index is 1170. The standard InChI is InChI=1S/C14H8F3N.C11H17NO3/c15-10-3-1-8(2-4-10)13-6-9-5-11(16)7-12(17)14(9)18-13;1-6-3-8(4-6)10(13)12-9-5-7(2)15-11(9)14/h1-7,18H;6-9H,3-5H2,1-2H3,(H,12,13). The number of carbonyl (C=O) groups is 2. The molecular weight excluding hydrogens is 433 g/mol. The molecule has 0 bridgehead atoms. The second-order valence-electron chi connectivity index (χ2n) is 8.86. The van der Waals surface area contributed by atoms with Gasteiger partial charge in [-0.3, -0.25) is 4.79 Å². The van der Waals surface area contributed by atoms with Crippen LogP contribution in [0.2, 0.25) is 0 Å². The summed E-state index contributed by atoms with van der Waals surface area (Å²) in [7, 11) is 0. The summed E-state index contributed by atoms with van der Waals surface area (Å²) in [6.07, 6.45) is 2.43. The minimum Gasteiger partial charge on any atom is -0.461 e. The van der Waals surface area contributed by atoms with Crippen LogP contribution >= 0.6 is 0 Å². The molecule has 1 aromatic heterocycles. The topological polar surface area (TPSA) is 71.2 Å². The van der Waals surface area contributed by atoms with Crippen molar-refractivity contribution >= 4 is 22.8 Å². The molecule has 2 N–H and O–H groups in total. The number of nitrogens with one attached hydrogen (secondary N) is 2. The molecule has 1 aliphatic carbocycles. The predicted octanol–water partition coefficient (Wildman–Crippen LogP) is 5.10. The summed E-state index contributed by atoms with van der Waals surface area (Å²) in [4.78, 5) is 25.8. The zero-order chi connectivity index (χ0) is 23.7. The van der Waals surface area contributed by atoms with Gasteiger partial charge in [0, 0.05) is 29.5 Å². The van der Waals surface area contributed by atoms with Crippen molar-refractivity contribution in [2.24, 2.45) is 11.8 Å². The van der Waals surface area contributed by atoms with Crippen LogP contribution in [0.25, 0.3) is 22.2 Å². The molecule has 2 unspecified atom stereocenters. The number of esters is 1. The summed E-state index contributed by atoms with van der Waals surface area (Å²) < 4.78 is 44.3. The van der Waals surface area contributed by atoms with E-state index in [-0.39, 0.29) is 35.2 Å². The molecule has 2 aromatic carbocycles. The van der Waals surface area contributed by atoms with Crippen LogP contribution in [0.15, 0.2) is 42.5 Å². The molecule has 3 aromatic rings. The zero-order valence-electron chi connectivity index (χ0n) is 18.3. The van der Waals surface area contributed by atoms with Gasteiger partial charge in [0.15, 0.2) is 0 Å². The predicted molar refractivity (Wildman–Crippen MR) is 118 cm³/mol. The lowest BCUT2D eigenvalue weighted by molar-refractivity contribution is -0.144. The molecule has 0 spiro atoms. The van der Waals surface area contributed by atoms with E-state index in [1.165, 1.54) is 18.2 Å². The number of benzene rings is 2. The van der Waals surface area contributed by atoms with E-state index in [9.17, 15) is 22.8 Å². The van der Waals surface area contributed by atoms with Gasteiger partial charge in [-0.1, -0.05) is 6.92 Å². The Balaban J connectivity index is 0.000000160. The third-order valence-electron chi connectivity index (χ3n) is 6.03. The summed E-state index contributed by atoms with van der Waals surface area (Å²) >= 11 is 0. The number of ether oxygens (including phenoxy) is 1. The summed E-state index contributed by atoms with van der Waals surface area (Å²) in [5.41, 5.74) is 1.58. The first-order valence-electron chi connectivity index (χ1n) is 10.9. The van der Waals surface area contributed by atoms with Gasteiger partial charge in [-0.05, 0) is 67.6 Å². The fourth-order valence-electron chi connectivity index (χ4n) is 4.23. The molecule has 174 valence electrons. The quantitative estimate of drug-likeness (QED) is 0.536. The third-order valence-corrected chi connectivity index (χ3v) is 6.03. The molecule has 5 nitrogen and oxygen atoms in total. The van der Waals surface area contributed by atoms with Crippen molar-refractivity contribution in [1.29, 1.82) is 0 Å². The highest BCUT2D eigenvalue weighted by Gasteiger charge is 2.37. The number of carbonyl (C=O) groups excluding carboxylic acids is 2. The van der Waals surface area contributed by atoms with Crippen LogP contribution in [0.1, 0.15) is 33.1 Å². The van der Waals surface area contributed by atoms with Gasteiger partial charge >= 0.3 is 5.97 Å². The number of rotatable bonds is 3. The molecule has 2 fully saturated rings. The highest BCUT2D eigenvalue weighted by molar-refractivity contribution is 5.87. The minimum atomic E-state index is -0.640. The molecule has 2 atom stereocenters. The first kappa shape index (κ1) is 22.9. The number of hydrogen-bond donors (Lipinski definition) is 2. The van der Waals surface area contributed by atoms with Crippen LogP contribution in [0, 0.1) is 29.3 Å². The molecule has 33 heavy (non-hydrogen) atoms. The average Bonchev–Trinajstić information content (AvgIpc) is 3.29. The molecule has 1 saturated heterocycles. The number of halogens is 3. The monoisotopic (exact) mass is 458 g/mol. The average molecular weight is 458 g/mol. The van der Waals surface area contributed by atoms with Crippen molar-refractivity contribution in [3.05, 3.63) is 59.9 Å². The van der Waals surface area contributed by atoms with Gasteiger partial charge in [-0.15, -0.1) is 0 Å². The lowest BCUT2D eigenvalue weighted by Crippen LogP contribution is -2.44. The number of fused-ring (bicyclic) bond motifs is 1. The van der Waals surface area contributed by atoms with Crippen molar-refractivity contribution in [1.82, 2.24) is 10.3 Å². The smallest absolute Gasteiger partial charge is 0.329 e. The van der Waals surface area contributed by atoms with Crippen LogP contribution in [0.4, 0.5) is 13.2 Å². The lowest BCUT2D eigenvalue weighted by atomic mass is 9.75. The number of cyclic esters (lactones) is 1. The van der Waals surface area contributed by atoms with Gasteiger partial charge in [-0.2, -0.15) is 0 Å². The Kier molecular flexibility index (Phi) is 6.44. The molecule has 1 aliphatic heterocycles. The van der Waals surface area contributed by atoms with Gasteiger partial charge in [0.25, 0.3) is 0 Å². The number of amides is 1. The minimum absolute atomic E-state index is 0.0177. The van der Waals surface area contributed by atoms with Crippen molar-refractivity contribution in [2.75, 3.05) is 0 Å². The maximum Gasteiger partial charge on any atom is 0.329 e. The van der Waals surface area contributed by atoms with E-state index in [1.54, 1.807) is 18.2 Å². The molecule has 2 aliphatic rings. The van der Waals surface area contributed by atoms with Crippen LogP contribution in [0.5, 0.6) is 0 Å². The molecule has 5 rings (SSSR count). The highest BCUT2D eigenvalue weighted by atomic mass is 19.1. The first-order chi connectivity index (χ1) is 15.7. The largest absolute Gasteiger partial charge is 0.461 e. The van der Waals surface area contributed by atoms with E-state index in [2.05, 4.69) is 17.2 Å².